The van der Waals surface area contributed by atoms with Crippen LogP contribution in [0.2, 0.25) is 0 Å². The van der Waals surface area contributed by atoms with E-state index >= 15 is 0 Å². The quantitative estimate of drug-likeness (QED) is 0.569. The second-order valence-corrected chi connectivity index (χ2v) is 8.48. The molecule has 5 rings (SSSR count). The normalized spacial score (nSPS) is 20.6. The summed E-state index contributed by atoms with van der Waals surface area (Å²) >= 11 is 0. The zero-order chi connectivity index (χ0) is 23.7. The van der Waals surface area contributed by atoms with Crippen molar-refractivity contribution in [2.75, 3.05) is 32.8 Å². The summed E-state index contributed by atoms with van der Waals surface area (Å²) in [5.41, 5.74) is 2.18. The van der Waals surface area contributed by atoms with Crippen molar-refractivity contribution < 1.29 is 13.9 Å². The van der Waals surface area contributed by atoms with Crippen molar-refractivity contribution in [3.05, 3.63) is 64.9 Å². The maximum atomic E-state index is 13.9. The molecule has 2 aliphatic rings. The maximum Gasteiger partial charge on any atom is 0.228 e. The van der Waals surface area contributed by atoms with E-state index in [0.29, 0.717) is 43.3 Å². The smallest absolute Gasteiger partial charge is 0.228 e. The molecule has 0 bridgehead atoms. The van der Waals surface area contributed by atoms with Gasteiger partial charge in [0.1, 0.15) is 18.2 Å². The van der Waals surface area contributed by atoms with Crippen LogP contribution in [0.1, 0.15) is 28.5 Å². The molecule has 4 heterocycles. The van der Waals surface area contributed by atoms with E-state index in [9.17, 15) is 14.4 Å². The van der Waals surface area contributed by atoms with Crippen molar-refractivity contribution in [3.8, 4) is 11.9 Å². The molecule has 0 N–H and O–H groups in total. The molecule has 2 atom stereocenters. The van der Waals surface area contributed by atoms with Gasteiger partial charge in [-0.25, -0.2) is 9.37 Å². The van der Waals surface area contributed by atoms with E-state index in [1.165, 1.54) is 17.1 Å². The Balaban J connectivity index is 1.22. The Morgan fingerprint density at radius 1 is 1.26 bits per heavy atom. The predicted octanol–water partition coefficient (Wildman–Crippen LogP) is 1.20. The second kappa shape index (κ2) is 9.24. The molecule has 0 spiro atoms. The summed E-state index contributed by atoms with van der Waals surface area (Å²) in [5, 5.41) is 20.3. The Morgan fingerprint density at radius 3 is 2.94 bits per heavy atom. The molecule has 3 aromatic rings. The van der Waals surface area contributed by atoms with Gasteiger partial charge in [0, 0.05) is 26.2 Å². The third kappa shape index (κ3) is 4.25. The number of benzene rings is 1. The van der Waals surface area contributed by atoms with Gasteiger partial charge in [0.25, 0.3) is 0 Å². The fraction of sp³-hybridized carbons (Fsp3) is 0.391. The van der Waals surface area contributed by atoms with Gasteiger partial charge in [-0.2, -0.15) is 9.94 Å². The average molecular weight is 462 g/mol. The van der Waals surface area contributed by atoms with E-state index in [1.54, 1.807) is 19.1 Å². The summed E-state index contributed by atoms with van der Waals surface area (Å²) < 4.78 is 21.5. The van der Waals surface area contributed by atoms with Crippen LogP contribution in [0.25, 0.3) is 5.82 Å². The van der Waals surface area contributed by atoms with Gasteiger partial charge < -0.3 is 9.64 Å². The van der Waals surface area contributed by atoms with Crippen LogP contribution in [0.4, 0.5) is 4.39 Å². The number of pyridine rings is 1. The lowest BCUT2D eigenvalue weighted by Gasteiger charge is -2.46. The molecule has 1 amide bonds. The lowest BCUT2D eigenvalue weighted by molar-refractivity contribution is -0.139. The highest BCUT2D eigenvalue weighted by Gasteiger charge is 2.36. The molecule has 2 aromatic heterocycles. The van der Waals surface area contributed by atoms with Crippen LogP contribution in [0, 0.1) is 24.1 Å². The Morgan fingerprint density at radius 2 is 2.15 bits per heavy atom. The van der Waals surface area contributed by atoms with E-state index in [4.69, 9.17) is 4.74 Å². The Kier molecular flexibility index (Phi) is 6.00. The first-order valence-corrected chi connectivity index (χ1v) is 11.1. The SMILES string of the molecule is Cc1c([C@H]2CN3CCN(C(=O)Cc4cccc(-n5cnnn5)n4)C[C@H]3CO2)ccc(F)c1C#N. The Labute approximate surface area is 195 Å². The van der Waals surface area contributed by atoms with Crippen molar-refractivity contribution >= 4 is 5.91 Å². The lowest BCUT2D eigenvalue weighted by atomic mass is 9.96. The summed E-state index contributed by atoms with van der Waals surface area (Å²) in [4.78, 5) is 21.6. The number of aromatic nitrogens is 5. The summed E-state index contributed by atoms with van der Waals surface area (Å²) in [7, 11) is 0. The van der Waals surface area contributed by atoms with Crippen molar-refractivity contribution in [2.24, 2.45) is 0 Å². The van der Waals surface area contributed by atoms with Crippen LogP contribution in [-0.4, -0.2) is 79.7 Å². The molecule has 0 saturated carbocycles. The highest BCUT2D eigenvalue weighted by molar-refractivity contribution is 5.78. The van der Waals surface area contributed by atoms with E-state index in [-0.39, 0.29) is 30.0 Å². The number of morpholine rings is 1. The molecule has 1 aromatic carbocycles. The molecule has 2 saturated heterocycles. The van der Waals surface area contributed by atoms with Gasteiger partial charge >= 0.3 is 0 Å². The van der Waals surface area contributed by atoms with Crippen molar-refractivity contribution in [2.45, 2.75) is 25.5 Å². The zero-order valence-corrected chi connectivity index (χ0v) is 18.6. The van der Waals surface area contributed by atoms with Crippen LogP contribution in [0.3, 0.4) is 0 Å². The van der Waals surface area contributed by atoms with Gasteiger partial charge in [0.2, 0.25) is 5.91 Å². The Bertz CT molecular complexity index is 1240. The topological polar surface area (TPSA) is 113 Å². The maximum absolute atomic E-state index is 13.9. The van der Waals surface area contributed by atoms with Gasteiger partial charge in [0.05, 0.1) is 36.4 Å². The zero-order valence-electron chi connectivity index (χ0n) is 18.6. The number of carbonyl (C=O) groups is 1. The molecule has 2 aliphatic heterocycles. The number of halogens is 1. The van der Waals surface area contributed by atoms with Crippen LogP contribution in [0.5, 0.6) is 0 Å². The average Bonchev–Trinajstić information content (AvgIpc) is 3.39. The predicted molar refractivity (Wildman–Crippen MR) is 117 cm³/mol. The summed E-state index contributed by atoms with van der Waals surface area (Å²) in [6, 6.07) is 10.5. The summed E-state index contributed by atoms with van der Waals surface area (Å²) in [6.07, 6.45) is 1.42. The number of hydrogen-bond acceptors (Lipinski definition) is 8. The first-order valence-electron chi connectivity index (χ1n) is 11.1. The number of rotatable bonds is 4. The number of fused-ring (bicyclic) bond motifs is 1. The Hall–Kier alpha value is -3.75. The second-order valence-electron chi connectivity index (χ2n) is 8.48. The first-order chi connectivity index (χ1) is 16.5. The number of nitriles is 1. The van der Waals surface area contributed by atoms with Gasteiger partial charge in [0.15, 0.2) is 5.82 Å². The molecule has 11 heteroatoms. The van der Waals surface area contributed by atoms with E-state index < -0.39 is 5.82 Å². The molecular formula is C23H23FN8O2. The van der Waals surface area contributed by atoms with Gasteiger partial charge in [-0.1, -0.05) is 12.1 Å². The summed E-state index contributed by atoms with van der Waals surface area (Å²) in [6.45, 7) is 4.76. The minimum Gasteiger partial charge on any atom is -0.370 e. The van der Waals surface area contributed by atoms with Gasteiger partial charge in [-0.05, 0) is 46.7 Å². The number of ether oxygens (including phenoxy) is 1. The monoisotopic (exact) mass is 462 g/mol. The van der Waals surface area contributed by atoms with Crippen LogP contribution in [0.15, 0.2) is 36.7 Å². The molecule has 34 heavy (non-hydrogen) atoms. The van der Waals surface area contributed by atoms with Crippen molar-refractivity contribution in [3.63, 3.8) is 0 Å². The fourth-order valence-corrected chi connectivity index (χ4v) is 4.61. The third-order valence-corrected chi connectivity index (χ3v) is 6.47. The number of amides is 1. The molecule has 10 nitrogen and oxygen atoms in total. The molecule has 2 fully saturated rings. The number of hydrogen-bond donors (Lipinski definition) is 0. The molecule has 174 valence electrons. The van der Waals surface area contributed by atoms with Crippen LogP contribution in [-0.2, 0) is 16.0 Å². The molecular weight excluding hydrogens is 439 g/mol. The van der Waals surface area contributed by atoms with E-state index in [0.717, 1.165) is 12.1 Å². The van der Waals surface area contributed by atoms with Crippen molar-refractivity contribution in [1.29, 1.82) is 5.26 Å². The highest BCUT2D eigenvalue weighted by Crippen LogP contribution is 2.31. The van der Waals surface area contributed by atoms with Crippen molar-refractivity contribution in [1.82, 2.24) is 35.0 Å². The van der Waals surface area contributed by atoms with Crippen LogP contribution < -0.4 is 0 Å². The molecule has 0 aliphatic carbocycles. The lowest BCUT2D eigenvalue weighted by Crippen LogP contribution is -2.59. The minimum absolute atomic E-state index is 0.0104. The fourth-order valence-electron chi connectivity index (χ4n) is 4.61. The van der Waals surface area contributed by atoms with Gasteiger partial charge in [-0.15, -0.1) is 5.10 Å². The first kappa shape index (κ1) is 22.1. The third-order valence-electron chi connectivity index (χ3n) is 6.47. The van der Waals surface area contributed by atoms with E-state index in [1.807, 2.05) is 23.1 Å². The standard InChI is InChI=1S/C23H23FN8O2/c1-15-18(5-6-20(24)19(15)10-25)21-12-30-7-8-31(11-17(30)13-34-21)23(33)9-16-3-2-4-22(27-16)32-14-26-28-29-32/h2-6,14,17,21H,7-9,11-13H2,1H3/t17-,21+/m0/s1. The van der Waals surface area contributed by atoms with Gasteiger partial charge in [-0.3, -0.25) is 9.69 Å². The summed E-state index contributed by atoms with van der Waals surface area (Å²) in [5.74, 6) is 0.0567. The van der Waals surface area contributed by atoms with E-state index in [2.05, 4.69) is 25.4 Å². The molecule has 0 radical (unpaired) electrons. The number of piperazine rings is 1. The minimum atomic E-state index is -0.512. The van der Waals surface area contributed by atoms with Crippen LogP contribution >= 0.6 is 0 Å². The number of carbonyl (C=O) groups excluding carboxylic acids is 1. The largest absolute Gasteiger partial charge is 0.370 e. The number of nitrogens with zero attached hydrogens (tertiary/aromatic N) is 8. The highest BCUT2D eigenvalue weighted by atomic mass is 19.1. The molecule has 0 unspecified atom stereocenters. The number of tetrazole rings is 1.